The largest absolute Gasteiger partial charge is 0.389 e. The lowest BCUT2D eigenvalue weighted by atomic mass is 10.1. The second kappa shape index (κ2) is 4.37. The van der Waals surface area contributed by atoms with Crippen molar-refractivity contribution >= 4 is 39.4 Å². The normalized spacial score (nSPS) is 12.1. The van der Waals surface area contributed by atoms with Gasteiger partial charge in [-0.1, -0.05) is 0 Å². The molecule has 0 fully saturated rings. The highest BCUT2D eigenvalue weighted by molar-refractivity contribution is 14.1. The molecule has 0 unspecified atom stereocenters. The lowest BCUT2D eigenvalue weighted by Gasteiger charge is -2.16. The summed E-state index contributed by atoms with van der Waals surface area (Å²) in [4.78, 5) is 8.38. The van der Waals surface area contributed by atoms with Crippen LogP contribution in [0.2, 0.25) is 0 Å². The van der Waals surface area contributed by atoms with E-state index in [-0.39, 0.29) is 0 Å². The van der Waals surface area contributed by atoms with Crippen molar-refractivity contribution in [1.82, 2.24) is 19.7 Å². The second-order valence-corrected chi connectivity index (χ2v) is 5.45. The number of halogens is 1. The first kappa shape index (κ1) is 12.5. The summed E-state index contributed by atoms with van der Waals surface area (Å²) in [6.07, 6.45) is 1.49. The van der Waals surface area contributed by atoms with Gasteiger partial charge in [0.2, 0.25) is 0 Å². The average molecular weight is 347 g/mol. The molecule has 7 heteroatoms. The Kier molecular flexibility index (Phi) is 3.21. The zero-order valence-electron chi connectivity index (χ0n) is 9.90. The summed E-state index contributed by atoms with van der Waals surface area (Å²) in [5.41, 5.74) is -0.0943. The van der Waals surface area contributed by atoms with E-state index >= 15 is 0 Å². The van der Waals surface area contributed by atoms with E-state index in [4.69, 9.17) is 0 Å². The minimum Gasteiger partial charge on any atom is -0.389 e. The third-order valence-corrected chi connectivity index (χ3v) is 3.02. The van der Waals surface area contributed by atoms with Gasteiger partial charge in [0.15, 0.2) is 5.65 Å². The van der Waals surface area contributed by atoms with Crippen molar-refractivity contribution < 1.29 is 5.11 Å². The van der Waals surface area contributed by atoms with Gasteiger partial charge in [-0.25, -0.2) is 14.6 Å². The molecule has 0 radical (unpaired) electrons. The molecule has 0 aliphatic rings. The number of fused-ring (bicyclic) bond motifs is 1. The zero-order chi connectivity index (χ0) is 12.6. The molecule has 2 rings (SSSR count). The van der Waals surface area contributed by atoms with Crippen molar-refractivity contribution in [3.63, 3.8) is 0 Å². The summed E-state index contributed by atoms with van der Waals surface area (Å²) in [7, 11) is 1.81. The maximum absolute atomic E-state index is 9.84. The van der Waals surface area contributed by atoms with Crippen molar-refractivity contribution in [2.45, 2.75) is 26.0 Å². The Balaban J connectivity index is 2.60. The predicted octanol–water partition coefficient (Wildman–Crippen LogP) is 1.24. The summed E-state index contributed by atoms with van der Waals surface area (Å²) < 4.78 is 2.53. The predicted molar refractivity (Wildman–Crippen MR) is 73.9 cm³/mol. The van der Waals surface area contributed by atoms with E-state index in [1.165, 1.54) is 6.33 Å². The fourth-order valence-electron chi connectivity index (χ4n) is 1.63. The van der Waals surface area contributed by atoms with E-state index in [2.05, 4.69) is 43.0 Å². The van der Waals surface area contributed by atoms with Crippen LogP contribution >= 0.6 is 22.6 Å². The molecule has 0 spiro atoms. The fourth-order valence-corrected chi connectivity index (χ4v) is 2.39. The molecule has 2 aromatic heterocycles. The van der Waals surface area contributed by atoms with Crippen LogP contribution in [0.25, 0.3) is 11.0 Å². The zero-order valence-corrected chi connectivity index (χ0v) is 12.1. The Hall–Kier alpha value is -0.960. The number of rotatable bonds is 3. The Bertz CT molecular complexity index is 545. The first-order chi connectivity index (χ1) is 7.92. The van der Waals surface area contributed by atoms with E-state index in [0.29, 0.717) is 6.54 Å². The average Bonchev–Trinajstić information content (AvgIpc) is 2.53. The molecule has 0 saturated carbocycles. The highest BCUT2D eigenvalue weighted by atomic mass is 127. The number of hydrogen-bond acceptors (Lipinski definition) is 5. The third kappa shape index (κ3) is 2.49. The van der Waals surface area contributed by atoms with Gasteiger partial charge in [-0.2, -0.15) is 5.10 Å². The molecule has 2 N–H and O–H groups in total. The summed E-state index contributed by atoms with van der Waals surface area (Å²) in [6.45, 7) is 3.88. The number of hydrogen-bond donors (Lipinski definition) is 2. The van der Waals surface area contributed by atoms with E-state index < -0.39 is 5.60 Å². The topological polar surface area (TPSA) is 75.9 Å². The summed E-state index contributed by atoms with van der Waals surface area (Å²) >= 11 is 2.15. The SMILES string of the molecule is CNc1ncnc2c1c(I)nn2CC(C)(C)O. The molecular formula is C10H14IN5O. The Morgan fingerprint density at radius 1 is 1.47 bits per heavy atom. The molecule has 0 aromatic carbocycles. The van der Waals surface area contributed by atoms with Crippen LogP contribution in [-0.2, 0) is 6.54 Å². The number of nitrogens with one attached hydrogen (secondary N) is 1. The molecule has 2 heterocycles. The molecule has 0 aliphatic heterocycles. The minimum absolute atomic E-state index is 0.396. The third-order valence-electron chi connectivity index (χ3n) is 2.26. The molecule has 0 bridgehead atoms. The number of aliphatic hydroxyl groups is 1. The van der Waals surface area contributed by atoms with Crippen molar-refractivity contribution in [3.8, 4) is 0 Å². The minimum atomic E-state index is -0.827. The quantitative estimate of drug-likeness (QED) is 0.818. The summed E-state index contributed by atoms with van der Waals surface area (Å²) in [5, 5.41) is 18.1. The van der Waals surface area contributed by atoms with Crippen molar-refractivity contribution in [3.05, 3.63) is 10.0 Å². The molecule has 0 saturated heterocycles. The number of aromatic nitrogens is 4. The summed E-state index contributed by atoms with van der Waals surface area (Å²) in [6, 6.07) is 0. The Morgan fingerprint density at radius 3 is 2.76 bits per heavy atom. The standard InChI is InChI=1S/C10H14IN5O/c1-10(2,17)4-16-9-6(7(11)15-16)8(12-3)13-5-14-9/h5,17H,4H2,1-3H3,(H,12,13,14). The lowest BCUT2D eigenvalue weighted by molar-refractivity contribution is 0.0588. The van der Waals surface area contributed by atoms with E-state index in [1.54, 1.807) is 18.5 Å². The Labute approximate surface area is 113 Å². The van der Waals surface area contributed by atoms with Crippen molar-refractivity contribution in [2.24, 2.45) is 0 Å². The highest BCUT2D eigenvalue weighted by Gasteiger charge is 2.19. The number of nitrogens with zero attached hydrogens (tertiary/aromatic N) is 4. The monoisotopic (exact) mass is 347 g/mol. The summed E-state index contributed by atoms with van der Waals surface area (Å²) in [5.74, 6) is 0.751. The van der Waals surface area contributed by atoms with Gasteiger partial charge in [-0.05, 0) is 36.4 Å². The molecule has 0 amide bonds. The molecule has 0 atom stereocenters. The van der Waals surface area contributed by atoms with Crippen LogP contribution in [0.15, 0.2) is 6.33 Å². The molecule has 17 heavy (non-hydrogen) atoms. The van der Waals surface area contributed by atoms with Crippen molar-refractivity contribution in [2.75, 3.05) is 12.4 Å². The van der Waals surface area contributed by atoms with Gasteiger partial charge in [-0.15, -0.1) is 0 Å². The van der Waals surface area contributed by atoms with E-state index in [1.807, 2.05) is 7.05 Å². The van der Waals surface area contributed by atoms with Crippen LogP contribution in [0.4, 0.5) is 5.82 Å². The fraction of sp³-hybridized carbons (Fsp3) is 0.500. The van der Waals surface area contributed by atoms with Crippen LogP contribution in [0.1, 0.15) is 13.8 Å². The molecule has 6 nitrogen and oxygen atoms in total. The first-order valence-electron chi connectivity index (χ1n) is 5.19. The molecule has 92 valence electrons. The lowest BCUT2D eigenvalue weighted by Crippen LogP contribution is -2.26. The van der Waals surface area contributed by atoms with Gasteiger partial charge in [0.1, 0.15) is 15.8 Å². The highest BCUT2D eigenvalue weighted by Crippen LogP contribution is 2.25. The van der Waals surface area contributed by atoms with Gasteiger partial charge < -0.3 is 10.4 Å². The van der Waals surface area contributed by atoms with Gasteiger partial charge in [-0.3, -0.25) is 0 Å². The molecule has 0 aliphatic carbocycles. The van der Waals surface area contributed by atoms with Gasteiger partial charge in [0.25, 0.3) is 0 Å². The van der Waals surface area contributed by atoms with E-state index in [9.17, 15) is 5.11 Å². The van der Waals surface area contributed by atoms with Crippen LogP contribution in [0, 0.1) is 3.70 Å². The molecular weight excluding hydrogens is 333 g/mol. The smallest absolute Gasteiger partial charge is 0.164 e. The van der Waals surface area contributed by atoms with Crippen LogP contribution < -0.4 is 5.32 Å². The maximum Gasteiger partial charge on any atom is 0.164 e. The second-order valence-electron chi connectivity index (χ2n) is 4.43. The van der Waals surface area contributed by atoms with Gasteiger partial charge >= 0.3 is 0 Å². The van der Waals surface area contributed by atoms with Gasteiger partial charge in [0.05, 0.1) is 17.5 Å². The van der Waals surface area contributed by atoms with Crippen molar-refractivity contribution in [1.29, 1.82) is 0 Å². The number of anilines is 1. The molecule has 2 aromatic rings. The van der Waals surface area contributed by atoms with E-state index in [0.717, 1.165) is 20.6 Å². The first-order valence-corrected chi connectivity index (χ1v) is 6.27. The Morgan fingerprint density at radius 2 is 2.18 bits per heavy atom. The van der Waals surface area contributed by atoms with Crippen LogP contribution in [0.5, 0.6) is 0 Å². The van der Waals surface area contributed by atoms with Gasteiger partial charge in [0, 0.05) is 7.05 Å². The van der Waals surface area contributed by atoms with Crippen LogP contribution in [-0.4, -0.2) is 37.5 Å². The maximum atomic E-state index is 9.84. The van der Waals surface area contributed by atoms with Crippen LogP contribution in [0.3, 0.4) is 0 Å².